The topological polar surface area (TPSA) is 27.0 Å². The molecule has 0 amide bonds. The van der Waals surface area contributed by atoms with Gasteiger partial charge in [-0.15, -0.1) is 11.3 Å². The lowest BCUT2D eigenvalue weighted by atomic mass is 10.1. The normalized spacial score (nSPS) is 12.8. The predicted molar refractivity (Wildman–Crippen MR) is 63.3 cm³/mol. The van der Waals surface area contributed by atoms with Gasteiger partial charge in [0.05, 0.1) is 9.86 Å². The van der Waals surface area contributed by atoms with Crippen LogP contribution in [0.1, 0.15) is 23.8 Å². The van der Waals surface area contributed by atoms with E-state index in [4.69, 9.17) is 5.26 Å². The van der Waals surface area contributed by atoms with Gasteiger partial charge in [-0.2, -0.15) is 5.26 Å². The third-order valence-electron chi connectivity index (χ3n) is 2.08. The molecule has 2 nitrogen and oxygen atoms in total. The minimum Gasteiger partial charge on any atom is -0.302 e. The van der Waals surface area contributed by atoms with Crippen molar-refractivity contribution >= 4 is 27.3 Å². The highest BCUT2D eigenvalue weighted by molar-refractivity contribution is 9.11. The Bertz CT molecular complexity index is 327. The summed E-state index contributed by atoms with van der Waals surface area (Å²) in [5.74, 6) is 0. The van der Waals surface area contributed by atoms with Crippen molar-refractivity contribution in [3.05, 3.63) is 20.8 Å². The fourth-order valence-electron chi connectivity index (χ4n) is 1.36. The SMILES string of the molecule is CN(C)C(CCC#N)c1ccc(Br)s1. The Balaban J connectivity index is 2.73. The maximum absolute atomic E-state index is 8.57. The summed E-state index contributed by atoms with van der Waals surface area (Å²) in [7, 11) is 4.10. The molecule has 0 bridgehead atoms. The smallest absolute Gasteiger partial charge is 0.0701 e. The molecule has 4 heteroatoms. The van der Waals surface area contributed by atoms with Gasteiger partial charge in [-0.25, -0.2) is 0 Å². The van der Waals surface area contributed by atoms with Crippen LogP contribution in [0.2, 0.25) is 0 Å². The molecule has 0 aromatic carbocycles. The molecule has 0 saturated carbocycles. The summed E-state index contributed by atoms with van der Waals surface area (Å²) in [6, 6.07) is 6.74. The van der Waals surface area contributed by atoms with E-state index in [-0.39, 0.29) is 0 Å². The Kier molecular flexibility index (Phi) is 4.59. The van der Waals surface area contributed by atoms with Crippen LogP contribution in [0.15, 0.2) is 15.9 Å². The summed E-state index contributed by atoms with van der Waals surface area (Å²) in [5.41, 5.74) is 0. The Morgan fingerprint density at radius 2 is 2.29 bits per heavy atom. The largest absolute Gasteiger partial charge is 0.302 e. The first-order valence-corrected chi connectivity index (χ1v) is 6.04. The second kappa shape index (κ2) is 5.50. The van der Waals surface area contributed by atoms with Crippen LogP contribution in [0.3, 0.4) is 0 Å². The van der Waals surface area contributed by atoms with E-state index in [9.17, 15) is 0 Å². The third kappa shape index (κ3) is 3.09. The van der Waals surface area contributed by atoms with Gasteiger partial charge in [0.25, 0.3) is 0 Å². The van der Waals surface area contributed by atoms with Crippen molar-refractivity contribution < 1.29 is 0 Å². The molecule has 0 N–H and O–H groups in total. The predicted octanol–water partition coefficient (Wildman–Crippen LogP) is 3.42. The maximum Gasteiger partial charge on any atom is 0.0701 e. The van der Waals surface area contributed by atoms with Crippen LogP contribution in [0.5, 0.6) is 0 Å². The molecule has 1 heterocycles. The average molecular weight is 273 g/mol. The summed E-state index contributed by atoms with van der Waals surface area (Å²) in [4.78, 5) is 3.48. The molecule has 1 aromatic rings. The molecule has 0 aliphatic heterocycles. The number of hydrogen-bond acceptors (Lipinski definition) is 3. The zero-order valence-electron chi connectivity index (χ0n) is 8.33. The Labute approximate surface area is 97.3 Å². The minimum absolute atomic E-state index is 0.367. The van der Waals surface area contributed by atoms with Gasteiger partial charge < -0.3 is 4.90 Å². The molecule has 1 unspecified atom stereocenters. The van der Waals surface area contributed by atoms with E-state index in [1.165, 1.54) is 4.88 Å². The van der Waals surface area contributed by atoms with Gasteiger partial charge in [0.1, 0.15) is 0 Å². The lowest BCUT2D eigenvalue weighted by Gasteiger charge is -2.21. The molecule has 0 radical (unpaired) electrons. The number of nitriles is 1. The number of rotatable bonds is 4. The highest BCUT2D eigenvalue weighted by atomic mass is 79.9. The maximum atomic E-state index is 8.57. The van der Waals surface area contributed by atoms with Crippen molar-refractivity contribution in [2.45, 2.75) is 18.9 Å². The van der Waals surface area contributed by atoms with Gasteiger partial charge in [0.2, 0.25) is 0 Å². The molecule has 1 atom stereocenters. The first kappa shape index (κ1) is 11.7. The van der Waals surface area contributed by atoms with E-state index in [1.54, 1.807) is 11.3 Å². The van der Waals surface area contributed by atoms with Crippen LogP contribution >= 0.6 is 27.3 Å². The summed E-state index contributed by atoms with van der Waals surface area (Å²) < 4.78 is 1.15. The number of halogens is 1. The van der Waals surface area contributed by atoms with E-state index in [2.05, 4.69) is 53.1 Å². The molecular weight excluding hydrogens is 260 g/mol. The summed E-state index contributed by atoms with van der Waals surface area (Å²) in [6.07, 6.45) is 1.51. The first-order chi connectivity index (χ1) is 6.65. The molecule has 0 spiro atoms. The minimum atomic E-state index is 0.367. The summed E-state index contributed by atoms with van der Waals surface area (Å²) in [5, 5.41) is 8.57. The lowest BCUT2D eigenvalue weighted by molar-refractivity contribution is 0.290. The van der Waals surface area contributed by atoms with Crippen molar-refractivity contribution in [1.82, 2.24) is 4.90 Å². The van der Waals surface area contributed by atoms with Crippen molar-refractivity contribution in [3.8, 4) is 6.07 Å². The standard InChI is InChI=1S/C10H13BrN2S/c1-13(2)8(4-3-7-12)9-5-6-10(11)14-9/h5-6,8H,3-4H2,1-2H3. The number of nitrogens with zero attached hydrogens (tertiary/aromatic N) is 2. The van der Waals surface area contributed by atoms with Crippen molar-refractivity contribution in [2.75, 3.05) is 14.1 Å². The van der Waals surface area contributed by atoms with Gasteiger partial charge >= 0.3 is 0 Å². The average Bonchev–Trinajstić information content (AvgIpc) is 2.52. The Morgan fingerprint density at radius 1 is 1.57 bits per heavy atom. The molecular formula is C10H13BrN2S. The van der Waals surface area contributed by atoms with Crippen molar-refractivity contribution in [2.24, 2.45) is 0 Å². The molecule has 0 fully saturated rings. The van der Waals surface area contributed by atoms with Crippen LogP contribution < -0.4 is 0 Å². The number of hydrogen-bond donors (Lipinski definition) is 0. The Hall–Kier alpha value is -0.370. The van der Waals surface area contributed by atoms with Crippen molar-refractivity contribution in [1.29, 1.82) is 5.26 Å². The molecule has 1 rings (SSSR count). The van der Waals surface area contributed by atoms with Crippen LogP contribution in [0.25, 0.3) is 0 Å². The summed E-state index contributed by atoms with van der Waals surface area (Å²) in [6.45, 7) is 0. The first-order valence-electron chi connectivity index (χ1n) is 4.43. The molecule has 0 saturated heterocycles. The van der Waals surface area contributed by atoms with Gasteiger partial charge in [-0.1, -0.05) is 0 Å². The number of thiophene rings is 1. The van der Waals surface area contributed by atoms with E-state index >= 15 is 0 Å². The van der Waals surface area contributed by atoms with E-state index in [0.29, 0.717) is 12.5 Å². The quantitative estimate of drug-likeness (QED) is 0.840. The fraction of sp³-hybridized carbons (Fsp3) is 0.500. The van der Waals surface area contributed by atoms with Gasteiger partial charge in [-0.05, 0) is 48.6 Å². The van der Waals surface area contributed by atoms with Crippen LogP contribution in [-0.2, 0) is 0 Å². The highest BCUT2D eigenvalue weighted by Gasteiger charge is 2.15. The van der Waals surface area contributed by atoms with Crippen molar-refractivity contribution in [3.63, 3.8) is 0 Å². The highest BCUT2D eigenvalue weighted by Crippen LogP contribution is 2.32. The van der Waals surface area contributed by atoms with Crippen LogP contribution in [0, 0.1) is 11.3 Å². The van der Waals surface area contributed by atoms with E-state index in [0.717, 1.165) is 10.2 Å². The second-order valence-electron chi connectivity index (χ2n) is 3.32. The van der Waals surface area contributed by atoms with Gasteiger partial charge in [0, 0.05) is 17.3 Å². The molecule has 76 valence electrons. The van der Waals surface area contributed by atoms with Crippen LogP contribution in [-0.4, -0.2) is 19.0 Å². The lowest BCUT2D eigenvalue weighted by Crippen LogP contribution is -2.18. The van der Waals surface area contributed by atoms with Gasteiger partial charge in [-0.3, -0.25) is 0 Å². The molecule has 0 aliphatic carbocycles. The second-order valence-corrected chi connectivity index (χ2v) is 5.81. The monoisotopic (exact) mass is 272 g/mol. The zero-order valence-corrected chi connectivity index (χ0v) is 10.7. The molecule has 1 aromatic heterocycles. The zero-order chi connectivity index (χ0) is 10.6. The van der Waals surface area contributed by atoms with Crippen LogP contribution in [0.4, 0.5) is 0 Å². The molecule has 0 aliphatic rings. The molecule has 14 heavy (non-hydrogen) atoms. The fourth-order valence-corrected chi connectivity index (χ4v) is 3.02. The Morgan fingerprint density at radius 3 is 2.71 bits per heavy atom. The van der Waals surface area contributed by atoms with Gasteiger partial charge in [0.15, 0.2) is 0 Å². The third-order valence-corrected chi connectivity index (χ3v) is 3.80. The van der Waals surface area contributed by atoms with E-state index in [1.807, 2.05) is 0 Å². The van der Waals surface area contributed by atoms with E-state index < -0.39 is 0 Å². The summed E-state index contributed by atoms with van der Waals surface area (Å²) >= 11 is 5.19.